The third kappa shape index (κ3) is 2.33. The maximum Gasteiger partial charge on any atom is 0.239 e. The van der Waals surface area contributed by atoms with Crippen molar-refractivity contribution < 1.29 is 17.9 Å². The Morgan fingerprint density at radius 3 is 2.50 bits per heavy atom. The van der Waals surface area contributed by atoms with Gasteiger partial charge in [0.1, 0.15) is 11.1 Å². The lowest BCUT2D eigenvalue weighted by Gasteiger charge is -2.22. The molecule has 0 saturated carbocycles. The molecule has 0 heterocycles. The highest BCUT2D eigenvalue weighted by Gasteiger charge is 2.26. The number of halogens is 1. The zero-order valence-corrected chi connectivity index (χ0v) is 9.91. The van der Waals surface area contributed by atoms with Gasteiger partial charge in [-0.05, 0) is 19.1 Å². The Balaban J connectivity index is 3.13. The van der Waals surface area contributed by atoms with E-state index in [0.717, 1.165) is 4.31 Å². The van der Waals surface area contributed by atoms with E-state index in [2.05, 4.69) is 0 Å². The normalized spacial score (nSPS) is 13.5. The van der Waals surface area contributed by atoms with Gasteiger partial charge < -0.3 is 5.11 Å². The van der Waals surface area contributed by atoms with Crippen LogP contribution in [0.1, 0.15) is 6.92 Å². The SMILES string of the molecule is CC(CO)S(=O)(=O)N(C)c1ccccc1F. The summed E-state index contributed by atoms with van der Waals surface area (Å²) in [6.45, 7) is 0.869. The molecule has 1 aromatic rings. The summed E-state index contributed by atoms with van der Waals surface area (Å²) in [7, 11) is -2.46. The van der Waals surface area contributed by atoms with Gasteiger partial charge in [0.25, 0.3) is 0 Å². The summed E-state index contributed by atoms with van der Waals surface area (Å²) >= 11 is 0. The van der Waals surface area contributed by atoms with E-state index in [1.807, 2.05) is 0 Å². The second-order valence-corrected chi connectivity index (χ2v) is 5.84. The van der Waals surface area contributed by atoms with Gasteiger partial charge >= 0.3 is 0 Å². The van der Waals surface area contributed by atoms with Crippen LogP contribution in [0, 0.1) is 5.82 Å². The van der Waals surface area contributed by atoms with Crippen LogP contribution in [0.15, 0.2) is 24.3 Å². The van der Waals surface area contributed by atoms with Crippen molar-refractivity contribution in [1.29, 1.82) is 0 Å². The van der Waals surface area contributed by atoms with Gasteiger partial charge in [0.15, 0.2) is 0 Å². The molecule has 0 aliphatic heterocycles. The first-order valence-electron chi connectivity index (χ1n) is 4.74. The van der Waals surface area contributed by atoms with Crippen LogP contribution in [0.25, 0.3) is 0 Å². The molecule has 16 heavy (non-hydrogen) atoms. The molecule has 0 fully saturated rings. The van der Waals surface area contributed by atoms with Gasteiger partial charge in [0, 0.05) is 7.05 Å². The maximum absolute atomic E-state index is 13.4. The van der Waals surface area contributed by atoms with Crippen LogP contribution in [-0.4, -0.2) is 32.4 Å². The van der Waals surface area contributed by atoms with Gasteiger partial charge in [-0.2, -0.15) is 0 Å². The summed E-state index contributed by atoms with van der Waals surface area (Å²) in [5.74, 6) is -0.612. The molecular weight excluding hydrogens is 233 g/mol. The molecule has 0 aromatic heterocycles. The third-order valence-corrected chi connectivity index (χ3v) is 4.47. The summed E-state index contributed by atoms with van der Waals surface area (Å²) in [6, 6.07) is 5.59. The maximum atomic E-state index is 13.4. The fourth-order valence-electron chi connectivity index (χ4n) is 1.21. The first-order chi connectivity index (χ1) is 7.41. The average molecular weight is 247 g/mol. The lowest BCUT2D eigenvalue weighted by atomic mass is 10.3. The molecule has 6 heteroatoms. The predicted molar refractivity (Wildman–Crippen MR) is 60.3 cm³/mol. The average Bonchev–Trinajstić information content (AvgIpc) is 2.27. The number of nitrogens with zero attached hydrogens (tertiary/aromatic N) is 1. The molecular formula is C10H14FNO3S. The first-order valence-corrected chi connectivity index (χ1v) is 6.24. The van der Waals surface area contributed by atoms with Crippen molar-refractivity contribution in [3.8, 4) is 0 Å². The van der Waals surface area contributed by atoms with Crippen molar-refractivity contribution in [2.45, 2.75) is 12.2 Å². The van der Waals surface area contributed by atoms with E-state index in [4.69, 9.17) is 5.11 Å². The van der Waals surface area contributed by atoms with Crippen molar-refractivity contribution in [3.63, 3.8) is 0 Å². The van der Waals surface area contributed by atoms with Crippen molar-refractivity contribution >= 4 is 15.7 Å². The topological polar surface area (TPSA) is 57.6 Å². The number of para-hydroxylation sites is 1. The number of rotatable bonds is 4. The molecule has 0 spiro atoms. The lowest BCUT2D eigenvalue weighted by molar-refractivity contribution is 0.295. The third-order valence-electron chi connectivity index (χ3n) is 2.34. The van der Waals surface area contributed by atoms with Crippen molar-refractivity contribution in [2.24, 2.45) is 0 Å². The van der Waals surface area contributed by atoms with Gasteiger partial charge in [-0.1, -0.05) is 12.1 Å². The number of anilines is 1. The molecule has 0 amide bonds. The van der Waals surface area contributed by atoms with Gasteiger partial charge in [-0.15, -0.1) is 0 Å². The molecule has 1 rings (SSSR count). The molecule has 1 atom stereocenters. The molecule has 0 saturated heterocycles. The Hall–Kier alpha value is -1.14. The van der Waals surface area contributed by atoms with E-state index in [1.54, 1.807) is 6.07 Å². The van der Waals surface area contributed by atoms with Crippen LogP contribution in [0.5, 0.6) is 0 Å². The minimum Gasteiger partial charge on any atom is -0.395 e. The Kier molecular flexibility index (Phi) is 3.88. The van der Waals surface area contributed by atoms with Crippen molar-refractivity contribution in [2.75, 3.05) is 18.0 Å². The molecule has 90 valence electrons. The number of hydrogen-bond donors (Lipinski definition) is 1. The quantitative estimate of drug-likeness (QED) is 0.862. The molecule has 1 N–H and O–H groups in total. The molecule has 0 bridgehead atoms. The lowest BCUT2D eigenvalue weighted by Crippen LogP contribution is -2.36. The van der Waals surface area contributed by atoms with E-state index in [1.165, 1.54) is 32.2 Å². The standard InChI is InChI=1S/C10H14FNO3S/c1-8(7-13)16(14,15)12(2)10-6-4-3-5-9(10)11/h3-6,8,13H,7H2,1-2H3. The molecule has 0 aliphatic rings. The number of hydrogen-bond acceptors (Lipinski definition) is 3. The van der Waals surface area contributed by atoms with Gasteiger partial charge in [-0.25, -0.2) is 12.8 Å². The number of sulfonamides is 1. The summed E-state index contributed by atoms with van der Waals surface area (Å²) in [6.07, 6.45) is 0. The number of benzene rings is 1. The smallest absolute Gasteiger partial charge is 0.239 e. The van der Waals surface area contributed by atoms with Crippen LogP contribution < -0.4 is 4.31 Å². The molecule has 1 aromatic carbocycles. The predicted octanol–water partition coefficient (Wildman–Crippen LogP) is 0.973. The van der Waals surface area contributed by atoms with Crippen molar-refractivity contribution in [3.05, 3.63) is 30.1 Å². The first kappa shape index (κ1) is 12.9. The molecule has 0 aliphatic carbocycles. The van der Waals surface area contributed by atoms with Crippen LogP contribution in [0.4, 0.5) is 10.1 Å². The highest BCUT2D eigenvalue weighted by Crippen LogP contribution is 2.21. The van der Waals surface area contributed by atoms with Gasteiger partial charge in [0.05, 0.1) is 12.3 Å². The second-order valence-electron chi connectivity index (χ2n) is 3.46. The van der Waals surface area contributed by atoms with Crippen LogP contribution in [0.2, 0.25) is 0 Å². The van der Waals surface area contributed by atoms with E-state index in [9.17, 15) is 12.8 Å². The zero-order valence-electron chi connectivity index (χ0n) is 9.09. The summed E-state index contributed by atoms with van der Waals surface area (Å²) in [5, 5.41) is 7.87. The Labute approximate surface area is 94.4 Å². The molecule has 4 nitrogen and oxygen atoms in total. The van der Waals surface area contributed by atoms with Gasteiger partial charge in [-0.3, -0.25) is 4.31 Å². The fourth-order valence-corrected chi connectivity index (χ4v) is 2.36. The van der Waals surface area contributed by atoms with E-state index >= 15 is 0 Å². The van der Waals surface area contributed by atoms with Crippen LogP contribution in [-0.2, 0) is 10.0 Å². The monoisotopic (exact) mass is 247 g/mol. The van der Waals surface area contributed by atoms with E-state index in [0.29, 0.717) is 0 Å². The largest absolute Gasteiger partial charge is 0.395 e. The van der Waals surface area contributed by atoms with E-state index < -0.39 is 27.7 Å². The summed E-state index contributed by atoms with van der Waals surface area (Å²) in [5.41, 5.74) is -0.0252. The Bertz CT molecular complexity index is 461. The highest BCUT2D eigenvalue weighted by molar-refractivity contribution is 7.93. The minimum absolute atomic E-state index is 0.0252. The fraction of sp³-hybridized carbons (Fsp3) is 0.400. The zero-order chi connectivity index (χ0) is 12.3. The summed E-state index contributed by atoms with van der Waals surface area (Å²) < 4.78 is 37.8. The number of aliphatic hydroxyl groups excluding tert-OH is 1. The molecule has 0 radical (unpaired) electrons. The van der Waals surface area contributed by atoms with E-state index in [-0.39, 0.29) is 5.69 Å². The summed E-state index contributed by atoms with van der Waals surface area (Å²) in [4.78, 5) is 0. The Morgan fingerprint density at radius 2 is 2.00 bits per heavy atom. The second kappa shape index (κ2) is 4.80. The van der Waals surface area contributed by atoms with Gasteiger partial charge in [0.2, 0.25) is 10.0 Å². The Morgan fingerprint density at radius 1 is 1.44 bits per heavy atom. The minimum atomic E-state index is -3.72. The number of aliphatic hydroxyl groups is 1. The van der Waals surface area contributed by atoms with Crippen molar-refractivity contribution in [1.82, 2.24) is 0 Å². The van der Waals surface area contributed by atoms with Crippen LogP contribution in [0.3, 0.4) is 0 Å². The highest BCUT2D eigenvalue weighted by atomic mass is 32.2. The molecule has 1 unspecified atom stereocenters. The van der Waals surface area contributed by atoms with Crippen LogP contribution >= 0.6 is 0 Å².